The van der Waals surface area contributed by atoms with Crippen LogP contribution in [-0.4, -0.2) is 23.4 Å². The van der Waals surface area contributed by atoms with Crippen molar-refractivity contribution in [1.82, 2.24) is 0 Å². The second-order valence-corrected chi connectivity index (χ2v) is 4.56. The fourth-order valence-corrected chi connectivity index (χ4v) is 1.91. The van der Waals surface area contributed by atoms with Crippen molar-refractivity contribution < 1.29 is 9.53 Å². The molecule has 2 nitrogen and oxygen atoms in total. The van der Waals surface area contributed by atoms with Crippen molar-refractivity contribution in [3.05, 3.63) is 24.3 Å². The summed E-state index contributed by atoms with van der Waals surface area (Å²) in [4.78, 5) is 11.3. The summed E-state index contributed by atoms with van der Waals surface area (Å²) in [6.45, 7) is 3.91. The molecule has 0 N–H and O–H groups in total. The third kappa shape index (κ3) is 7.73. The molecule has 0 saturated carbocycles. The molecule has 0 aliphatic rings. The first-order chi connectivity index (χ1) is 7.11. The van der Waals surface area contributed by atoms with Crippen LogP contribution in [0.15, 0.2) is 24.3 Å². The van der Waals surface area contributed by atoms with E-state index in [1.807, 2.05) is 6.08 Å². The Bertz CT molecular complexity index is 234. The van der Waals surface area contributed by atoms with Gasteiger partial charge in [-0.25, -0.2) is 0 Å². The minimum absolute atomic E-state index is 0.00342. The van der Waals surface area contributed by atoms with E-state index in [2.05, 4.69) is 35.6 Å². The van der Waals surface area contributed by atoms with Gasteiger partial charge >= 0.3 is 0 Å². The first-order valence-electron chi connectivity index (χ1n) is 5.09. The molecule has 0 radical (unpaired) electrons. The smallest absolute Gasteiger partial charge is 0.184 e. The molecule has 3 heteroatoms. The molecule has 15 heavy (non-hydrogen) atoms. The molecule has 0 aromatic rings. The van der Waals surface area contributed by atoms with Crippen LogP contribution in [-0.2, 0) is 9.53 Å². The van der Waals surface area contributed by atoms with Crippen molar-refractivity contribution in [2.75, 3.05) is 11.5 Å². The quantitative estimate of drug-likeness (QED) is 0.311. The molecular weight excluding hydrogens is 303 g/mol. The SMILES string of the molecule is COC(C)C(=O)/C=C/C=C/[C@H](C)CCI. The Morgan fingerprint density at radius 3 is 2.60 bits per heavy atom. The molecule has 0 aromatic heterocycles. The second-order valence-electron chi connectivity index (χ2n) is 3.48. The number of ketones is 1. The van der Waals surface area contributed by atoms with Crippen molar-refractivity contribution in [2.24, 2.45) is 5.92 Å². The highest BCUT2D eigenvalue weighted by atomic mass is 127. The highest BCUT2D eigenvalue weighted by Crippen LogP contribution is 2.05. The fraction of sp³-hybridized carbons (Fsp3) is 0.583. The van der Waals surface area contributed by atoms with Gasteiger partial charge in [-0.15, -0.1) is 0 Å². The normalized spacial score (nSPS) is 16.0. The number of alkyl halides is 1. The average Bonchev–Trinajstić information content (AvgIpc) is 2.23. The van der Waals surface area contributed by atoms with Gasteiger partial charge in [0.1, 0.15) is 6.10 Å². The third-order valence-corrected chi connectivity index (χ3v) is 2.75. The molecule has 0 heterocycles. The molecule has 0 fully saturated rings. The fourth-order valence-electron chi connectivity index (χ4n) is 0.924. The van der Waals surface area contributed by atoms with Crippen molar-refractivity contribution >= 4 is 28.4 Å². The molecular formula is C12H19IO2. The van der Waals surface area contributed by atoms with Gasteiger partial charge in [-0.3, -0.25) is 4.79 Å². The van der Waals surface area contributed by atoms with E-state index in [1.54, 1.807) is 19.1 Å². The zero-order valence-electron chi connectivity index (χ0n) is 9.57. The zero-order valence-corrected chi connectivity index (χ0v) is 11.7. The molecule has 1 unspecified atom stereocenters. The topological polar surface area (TPSA) is 26.3 Å². The van der Waals surface area contributed by atoms with Crippen molar-refractivity contribution in [1.29, 1.82) is 0 Å². The Kier molecular flexibility index (Phi) is 9.00. The average molecular weight is 322 g/mol. The Morgan fingerprint density at radius 1 is 1.40 bits per heavy atom. The number of rotatable bonds is 7. The summed E-state index contributed by atoms with van der Waals surface area (Å²) in [5.41, 5.74) is 0. The molecule has 0 spiro atoms. The summed E-state index contributed by atoms with van der Waals surface area (Å²) in [5.74, 6) is 0.574. The molecule has 0 saturated heterocycles. The van der Waals surface area contributed by atoms with Gasteiger partial charge in [-0.2, -0.15) is 0 Å². The summed E-state index contributed by atoms with van der Waals surface area (Å²) >= 11 is 2.37. The molecule has 0 aliphatic heterocycles. The van der Waals surface area contributed by atoms with Gasteiger partial charge in [0.25, 0.3) is 0 Å². The van der Waals surface area contributed by atoms with Crippen LogP contribution in [0.1, 0.15) is 20.3 Å². The van der Waals surface area contributed by atoms with Crippen LogP contribution in [0.25, 0.3) is 0 Å². The summed E-state index contributed by atoms with van der Waals surface area (Å²) in [6, 6.07) is 0. The minimum Gasteiger partial charge on any atom is -0.374 e. The van der Waals surface area contributed by atoms with E-state index in [0.717, 1.165) is 4.43 Å². The molecule has 0 aromatic carbocycles. The molecule has 0 rings (SSSR count). The number of halogens is 1. The standard InChI is InChI=1S/C12H19IO2/c1-10(8-9-13)6-4-5-7-12(14)11(2)15-3/h4-7,10-11H,8-9H2,1-3H3/b6-4+,7-5+/t10-,11?/m0/s1. The number of hydrogen-bond donors (Lipinski definition) is 0. The Labute approximate surface area is 106 Å². The first-order valence-corrected chi connectivity index (χ1v) is 6.61. The summed E-state index contributed by atoms with van der Waals surface area (Å²) in [6.07, 6.45) is 8.20. The Balaban J connectivity index is 3.93. The van der Waals surface area contributed by atoms with Gasteiger partial charge in [-0.05, 0) is 25.3 Å². The van der Waals surface area contributed by atoms with Crippen molar-refractivity contribution in [3.8, 4) is 0 Å². The number of allylic oxidation sites excluding steroid dienone is 3. The molecule has 2 atom stereocenters. The number of hydrogen-bond acceptors (Lipinski definition) is 2. The Morgan fingerprint density at radius 2 is 2.07 bits per heavy atom. The highest BCUT2D eigenvalue weighted by Gasteiger charge is 2.05. The van der Waals surface area contributed by atoms with Crippen LogP contribution in [0.5, 0.6) is 0 Å². The lowest BCUT2D eigenvalue weighted by Gasteiger charge is -2.03. The van der Waals surface area contributed by atoms with E-state index < -0.39 is 0 Å². The predicted octanol–water partition coefficient (Wildman–Crippen LogP) is 3.16. The van der Waals surface area contributed by atoms with Gasteiger partial charge in [0.2, 0.25) is 0 Å². The van der Waals surface area contributed by atoms with E-state index in [0.29, 0.717) is 5.92 Å². The second kappa shape index (κ2) is 9.09. The van der Waals surface area contributed by atoms with Gasteiger partial charge in [-0.1, -0.05) is 47.7 Å². The van der Waals surface area contributed by atoms with E-state index >= 15 is 0 Å². The van der Waals surface area contributed by atoms with Crippen LogP contribution in [0.3, 0.4) is 0 Å². The van der Waals surface area contributed by atoms with Crippen molar-refractivity contribution in [3.63, 3.8) is 0 Å². The number of ether oxygens (including phenoxy) is 1. The van der Waals surface area contributed by atoms with Gasteiger partial charge in [0.15, 0.2) is 5.78 Å². The largest absolute Gasteiger partial charge is 0.374 e. The van der Waals surface area contributed by atoms with Gasteiger partial charge in [0.05, 0.1) is 0 Å². The van der Waals surface area contributed by atoms with E-state index in [1.165, 1.54) is 13.5 Å². The van der Waals surface area contributed by atoms with E-state index in [9.17, 15) is 4.79 Å². The maximum Gasteiger partial charge on any atom is 0.184 e. The Hall–Kier alpha value is -0.160. The molecule has 0 bridgehead atoms. The maximum atomic E-state index is 11.3. The lowest BCUT2D eigenvalue weighted by Crippen LogP contribution is -2.15. The van der Waals surface area contributed by atoms with Gasteiger partial charge < -0.3 is 4.74 Å². The highest BCUT2D eigenvalue weighted by molar-refractivity contribution is 14.1. The molecule has 86 valence electrons. The third-order valence-electron chi connectivity index (χ3n) is 2.13. The summed E-state index contributed by atoms with van der Waals surface area (Å²) < 4.78 is 6.06. The summed E-state index contributed by atoms with van der Waals surface area (Å²) in [5, 5.41) is 0. The van der Waals surface area contributed by atoms with Crippen LogP contribution in [0.2, 0.25) is 0 Å². The summed E-state index contributed by atoms with van der Waals surface area (Å²) in [7, 11) is 1.54. The van der Waals surface area contributed by atoms with Crippen LogP contribution >= 0.6 is 22.6 Å². The lowest BCUT2D eigenvalue weighted by molar-refractivity contribution is -0.122. The lowest BCUT2D eigenvalue weighted by atomic mass is 10.1. The maximum absolute atomic E-state index is 11.3. The van der Waals surface area contributed by atoms with Gasteiger partial charge in [0, 0.05) is 11.5 Å². The number of carbonyl (C=O) groups is 1. The number of carbonyl (C=O) groups excluding carboxylic acids is 1. The molecule has 0 aliphatic carbocycles. The first kappa shape index (κ1) is 14.8. The zero-order chi connectivity index (χ0) is 11.7. The van der Waals surface area contributed by atoms with Crippen LogP contribution in [0.4, 0.5) is 0 Å². The minimum atomic E-state index is -0.346. The van der Waals surface area contributed by atoms with Crippen LogP contribution < -0.4 is 0 Å². The monoisotopic (exact) mass is 322 g/mol. The van der Waals surface area contributed by atoms with E-state index in [-0.39, 0.29) is 11.9 Å². The predicted molar refractivity (Wildman–Crippen MR) is 72.4 cm³/mol. The molecule has 0 amide bonds. The van der Waals surface area contributed by atoms with E-state index in [4.69, 9.17) is 4.74 Å². The van der Waals surface area contributed by atoms with Crippen LogP contribution in [0, 0.1) is 5.92 Å². The number of methoxy groups -OCH3 is 1. The van der Waals surface area contributed by atoms with Crippen molar-refractivity contribution in [2.45, 2.75) is 26.4 Å².